The molecule has 1 N–H and O–H groups in total. The van der Waals surface area contributed by atoms with Crippen molar-refractivity contribution in [2.24, 2.45) is 0 Å². The molecule has 0 aliphatic rings. The normalized spacial score (nSPS) is 12.1. The third kappa shape index (κ3) is 3.26. The van der Waals surface area contributed by atoms with Gasteiger partial charge in [-0.05, 0) is 53.8 Å². The van der Waals surface area contributed by atoms with Crippen molar-refractivity contribution in [1.82, 2.24) is 10.3 Å². The van der Waals surface area contributed by atoms with Gasteiger partial charge in [-0.1, -0.05) is 0 Å². The summed E-state index contributed by atoms with van der Waals surface area (Å²) in [6, 6.07) is 7.44. The molecule has 0 spiro atoms. The molecule has 2 rings (SSSR count). The fraction of sp³-hybridized carbons (Fsp3) is 0.167. The first-order valence-corrected chi connectivity index (χ1v) is 7.08. The van der Waals surface area contributed by atoms with Crippen molar-refractivity contribution in [3.8, 4) is 0 Å². The topological polar surface area (TPSA) is 42.0 Å². The summed E-state index contributed by atoms with van der Waals surface area (Å²) in [5, 5.41) is 5.75. The van der Waals surface area contributed by atoms with E-state index in [1.54, 1.807) is 17.5 Å². The van der Waals surface area contributed by atoms with E-state index in [0.29, 0.717) is 5.56 Å². The van der Waals surface area contributed by atoms with E-state index in [-0.39, 0.29) is 11.9 Å². The molecular weight excluding hydrogens is 347 g/mol. The number of benzene rings is 1. The van der Waals surface area contributed by atoms with Gasteiger partial charge >= 0.3 is 0 Å². The first-order chi connectivity index (χ1) is 8.16. The first-order valence-electron chi connectivity index (χ1n) is 5.12. The monoisotopic (exact) mass is 358 g/mol. The number of thiazole rings is 1. The maximum absolute atomic E-state index is 11.9. The van der Waals surface area contributed by atoms with E-state index in [1.165, 1.54) is 0 Å². The molecule has 0 bridgehead atoms. The Kier molecular flexibility index (Phi) is 4.11. The van der Waals surface area contributed by atoms with Gasteiger partial charge in [-0.25, -0.2) is 4.98 Å². The summed E-state index contributed by atoms with van der Waals surface area (Å²) in [7, 11) is 0. The maximum atomic E-state index is 11.9. The molecule has 3 nitrogen and oxygen atoms in total. The number of hydrogen-bond donors (Lipinski definition) is 1. The molecule has 1 aromatic carbocycles. The van der Waals surface area contributed by atoms with E-state index < -0.39 is 0 Å². The second-order valence-corrected chi connectivity index (χ2v) is 5.74. The van der Waals surface area contributed by atoms with Crippen LogP contribution in [0.5, 0.6) is 0 Å². The molecule has 1 heterocycles. The van der Waals surface area contributed by atoms with Crippen LogP contribution in [0.15, 0.2) is 35.8 Å². The predicted molar refractivity (Wildman–Crippen MR) is 77.2 cm³/mol. The molecule has 1 aromatic heterocycles. The molecule has 1 unspecified atom stereocenters. The third-order valence-corrected chi connectivity index (χ3v) is 3.95. The van der Waals surface area contributed by atoms with E-state index in [0.717, 1.165) is 8.58 Å². The standard InChI is InChI=1S/C12H11IN2OS/c1-8(12-14-6-7-17-12)15-11(16)9-2-4-10(13)5-3-9/h2-8H,1H3,(H,15,16). The Balaban J connectivity index is 2.04. The first kappa shape index (κ1) is 12.5. The third-order valence-electron chi connectivity index (χ3n) is 2.28. The molecule has 0 saturated heterocycles. The number of carbonyl (C=O) groups is 1. The van der Waals surface area contributed by atoms with Gasteiger partial charge in [-0.2, -0.15) is 0 Å². The van der Waals surface area contributed by atoms with E-state index in [4.69, 9.17) is 0 Å². The molecule has 5 heteroatoms. The Labute approximate surface area is 117 Å². The lowest BCUT2D eigenvalue weighted by molar-refractivity contribution is 0.0940. The van der Waals surface area contributed by atoms with Crippen molar-refractivity contribution in [2.75, 3.05) is 0 Å². The van der Waals surface area contributed by atoms with Gasteiger partial charge in [-0.3, -0.25) is 4.79 Å². The zero-order valence-corrected chi connectivity index (χ0v) is 12.2. The lowest BCUT2D eigenvalue weighted by atomic mass is 10.2. The molecule has 0 fully saturated rings. The summed E-state index contributed by atoms with van der Waals surface area (Å²) in [6.07, 6.45) is 1.74. The molecule has 0 saturated carbocycles. The van der Waals surface area contributed by atoms with Crippen molar-refractivity contribution in [3.63, 3.8) is 0 Å². The van der Waals surface area contributed by atoms with Crippen LogP contribution in [0, 0.1) is 3.57 Å². The van der Waals surface area contributed by atoms with Crippen LogP contribution >= 0.6 is 33.9 Å². The average Bonchev–Trinajstić information content (AvgIpc) is 2.83. The summed E-state index contributed by atoms with van der Waals surface area (Å²) < 4.78 is 1.12. The largest absolute Gasteiger partial charge is 0.343 e. The fourth-order valence-corrected chi connectivity index (χ4v) is 2.40. The highest BCUT2D eigenvalue weighted by Gasteiger charge is 2.12. The second-order valence-electron chi connectivity index (χ2n) is 3.57. The van der Waals surface area contributed by atoms with Crippen molar-refractivity contribution < 1.29 is 4.79 Å². The number of rotatable bonds is 3. The highest BCUT2D eigenvalue weighted by molar-refractivity contribution is 14.1. The summed E-state index contributed by atoms with van der Waals surface area (Å²) >= 11 is 3.76. The quantitative estimate of drug-likeness (QED) is 0.856. The number of amides is 1. The zero-order valence-electron chi connectivity index (χ0n) is 9.18. The van der Waals surface area contributed by atoms with Gasteiger partial charge in [0, 0.05) is 20.7 Å². The van der Waals surface area contributed by atoms with Gasteiger partial charge in [0.1, 0.15) is 5.01 Å². The van der Waals surface area contributed by atoms with Crippen LogP contribution in [0.4, 0.5) is 0 Å². The molecule has 0 aliphatic carbocycles. The summed E-state index contributed by atoms with van der Waals surface area (Å²) in [5.74, 6) is -0.0656. The minimum absolute atomic E-state index is 0.0539. The lowest BCUT2D eigenvalue weighted by Gasteiger charge is -2.11. The van der Waals surface area contributed by atoms with Gasteiger partial charge in [0.25, 0.3) is 5.91 Å². The van der Waals surface area contributed by atoms with Crippen molar-refractivity contribution in [1.29, 1.82) is 0 Å². The number of carbonyl (C=O) groups excluding carboxylic acids is 1. The molecule has 0 aliphatic heterocycles. The Morgan fingerprint density at radius 3 is 2.71 bits per heavy atom. The lowest BCUT2D eigenvalue weighted by Crippen LogP contribution is -2.26. The van der Waals surface area contributed by atoms with E-state index in [2.05, 4.69) is 32.9 Å². The van der Waals surface area contributed by atoms with Crippen LogP contribution in [-0.4, -0.2) is 10.9 Å². The molecule has 0 radical (unpaired) electrons. The Morgan fingerprint density at radius 1 is 1.41 bits per heavy atom. The molecule has 1 amide bonds. The minimum atomic E-state index is -0.0656. The minimum Gasteiger partial charge on any atom is -0.343 e. The van der Waals surface area contributed by atoms with Crippen LogP contribution in [0.25, 0.3) is 0 Å². The number of hydrogen-bond acceptors (Lipinski definition) is 3. The number of nitrogens with one attached hydrogen (secondary N) is 1. The highest BCUT2D eigenvalue weighted by atomic mass is 127. The Bertz CT molecular complexity index is 496. The van der Waals surface area contributed by atoms with Crippen LogP contribution < -0.4 is 5.32 Å². The smallest absolute Gasteiger partial charge is 0.251 e. The highest BCUT2D eigenvalue weighted by Crippen LogP contribution is 2.15. The molecule has 1 atom stereocenters. The van der Waals surface area contributed by atoms with Gasteiger partial charge in [0.05, 0.1) is 6.04 Å². The van der Waals surface area contributed by atoms with Crippen molar-refractivity contribution in [3.05, 3.63) is 50.0 Å². The summed E-state index contributed by atoms with van der Waals surface area (Å²) in [6.45, 7) is 1.93. The van der Waals surface area contributed by atoms with Crippen LogP contribution in [-0.2, 0) is 0 Å². The zero-order chi connectivity index (χ0) is 12.3. The Hall–Kier alpha value is -0.950. The van der Waals surface area contributed by atoms with Gasteiger partial charge < -0.3 is 5.32 Å². The van der Waals surface area contributed by atoms with Gasteiger partial charge in [0.2, 0.25) is 0 Å². The summed E-state index contributed by atoms with van der Waals surface area (Å²) in [4.78, 5) is 16.1. The van der Waals surface area contributed by atoms with Gasteiger partial charge in [0.15, 0.2) is 0 Å². The molecular formula is C12H11IN2OS. The van der Waals surface area contributed by atoms with Crippen molar-refractivity contribution >= 4 is 39.8 Å². The van der Waals surface area contributed by atoms with Crippen LogP contribution in [0.2, 0.25) is 0 Å². The van der Waals surface area contributed by atoms with Gasteiger partial charge in [-0.15, -0.1) is 11.3 Å². The second kappa shape index (κ2) is 5.59. The summed E-state index contributed by atoms with van der Waals surface area (Å²) in [5.41, 5.74) is 0.675. The average molecular weight is 358 g/mol. The molecule has 17 heavy (non-hydrogen) atoms. The van der Waals surface area contributed by atoms with E-state index in [9.17, 15) is 4.79 Å². The van der Waals surface area contributed by atoms with E-state index >= 15 is 0 Å². The van der Waals surface area contributed by atoms with E-state index in [1.807, 2.05) is 36.6 Å². The fourth-order valence-electron chi connectivity index (χ4n) is 1.39. The van der Waals surface area contributed by atoms with Crippen molar-refractivity contribution in [2.45, 2.75) is 13.0 Å². The molecule has 2 aromatic rings. The van der Waals surface area contributed by atoms with Crippen LogP contribution in [0.1, 0.15) is 28.3 Å². The predicted octanol–water partition coefficient (Wildman–Crippen LogP) is 3.24. The maximum Gasteiger partial charge on any atom is 0.251 e. The number of halogens is 1. The molecule has 88 valence electrons. The SMILES string of the molecule is CC(NC(=O)c1ccc(I)cc1)c1nccs1. The number of aromatic nitrogens is 1. The number of nitrogens with zero attached hydrogens (tertiary/aromatic N) is 1. The van der Waals surface area contributed by atoms with Crippen LogP contribution in [0.3, 0.4) is 0 Å². The Morgan fingerprint density at radius 2 is 2.12 bits per heavy atom.